The minimum Gasteiger partial charge on any atom is -0.380 e. The summed E-state index contributed by atoms with van der Waals surface area (Å²) >= 11 is 0. The summed E-state index contributed by atoms with van der Waals surface area (Å²) < 4.78 is 0. The molecule has 1 atom stereocenters. The van der Waals surface area contributed by atoms with Crippen LogP contribution < -0.4 is 0 Å². The Labute approximate surface area is 57.1 Å². The Bertz CT molecular complexity index is 91.2. The van der Waals surface area contributed by atoms with Crippen LogP contribution in [0.1, 0.15) is 25.7 Å². The maximum absolute atomic E-state index is 8.83. The highest BCUT2D eigenvalue weighted by Crippen LogP contribution is 2.01. The first kappa shape index (κ1) is 8.52. The maximum Gasteiger partial charge on any atom is 0.114 e. The Morgan fingerprint density at radius 3 is 2.67 bits per heavy atom. The van der Waals surface area contributed by atoms with Crippen molar-refractivity contribution < 1.29 is 5.11 Å². The fourth-order valence-electron chi connectivity index (χ4n) is 0.598. The van der Waals surface area contributed by atoms with E-state index < -0.39 is 6.10 Å². The van der Waals surface area contributed by atoms with Gasteiger partial charge in [0.05, 0.1) is 0 Å². The summed E-state index contributed by atoms with van der Waals surface area (Å²) in [7, 11) is 0. The van der Waals surface area contributed by atoms with E-state index in [1.54, 1.807) is 0 Å². The first-order valence-electron chi connectivity index (χ1n) is 3.24. The molecule has 0 fully saturated rings. The van der Waals surface area contributed by atoms with Crippen LogP contribution in [-0.2, 0) is 0 Å². The van der Waals surface area contributed by atoms with Crippen LogP contribution in [0.15, 0.2) is 0 Å². The molecule has 0 heterocycles. The monoisotopic (exact) mass is 125 g/mol. The number of rotatable bonds is 4. The molecule has 1 N–H and O–H groups in total. The summed E-state index contributed by atoms with van der Waals surface area (Å²) in [5.74, 6) is 2.26. The van der Waals surface area contributed by atoms with Crippen molar-refractivity contribution in [3.63, 3.8) is 0 Å². The van der Waals surface area contributed by atoms with Crippen LogP contribution >= 0.6 is 0 Å². The van der Waals surface area contributed by atoms with Crippen LogP contribution in [0.3, 0.4) is 0 Å². The lowest BCUT2D eigenvalue weighted by atomic mass is 10.1. The third-order valence-electron chi connectivity index (χ3n) is 1.17. The van der Waals surface area contributed by atoms with Crippen molar-refractivity contribution in [2.75, 3.05) is 0 Å². The molecule has 0 rings (SSSR count). The van der Waals surface area contributed by atoms with Crippen molar-refractivity contribution in [3.05, 3.63) is 6.92 Å². The first-order valence-corrected chi connectivity index (χ1v) is 3.24. The van der Waals surface area contributed by atoms with Crippen molar-refractivity contribution in [2.24, 2.45) is 0 Å². The van der Waals surface area contributed by atoms with Gasteiger partial charge in [-0.2, -0.15) is 0 Å². The molecule has 0 aliphatic carbocycles. The third-order valence-corrected chi connectivity index (χ3v) is 1.17. The summed E-state index contributed by atoms with van der Waals surface area (Å²) in [6.45, 7) is 3.68. The van der Waals surface area contributed by atoms with E-state index in [-0.39, 0.29) is 0 Å². The van der Waals surface area contributed by atoms with Gasteiger partial charge in [-0.3, -0.25) is 0 Å². The van der Waals surface area contributed by atoms with Crippen LogP contribution in [0.2, 0.25) is 0 Å². The highest BCUT2D eigenvalue weighted by Gasteiger charge is 1.95. The number of hydrogen-bond donors (Lipinski definition) is 1. The van der Waals surface area contributed by atoms with Crippen LogP contribution in [-0.4, -0.2) is 11.2 Å². The molecule has 9 heavy (non-hydrogen) atoms. The summed E-state index contributed by atoms with van der Waals surface area (Å²) in [6, 6.07) is 0. The predicted octanol–water partition coefficient (Wildman–Crippen LogP) is 1.37. The molecule has 1 heteroatoms. The van der Waals surface area contributed by atoms with Crippen LogP contribution in [0.4, 0.5) is 0 Å². The Kier molecular flexibility index (Phi) is 5.35. The topological polar surface area (TPSA) is 20.2 Å². The number of aliphatic hydroxyl groups is 1. The summed E-state index contributed by atoms with van der Waals surface area (Å²) in [5.41, 5.74) is 0. The van der Waals surface area contributed by atoms with Crippen LogP contribution in [0.5, 0.6) is 0 Å². The number of hydrogen-bond acceptors (Lipinski definition) is 1. The van der Waals surface area contributed by atoms with Gasteiger partial charge in [0.25, 0.3) is 0 Å². The van der Waals surface area contributed by atoms with E-state index in [9.17, 15) is 0 Å². The van der Waals surface area contributed by atoms with Crippen molar-refractivity contribution in [1.29, 1.82) is 0 Å². The van der Waals surface area contributed by atoms with Crippen molar-refractivity contribution in [1.82, 2.24) is 0 Å². The van der Waals surface area contributed by atoms with Gasteiger partial charge >= 0.3 is 0 Å². The largest absolute Gasteiger partial charge is 0.380 e. The molecule has 0 amide bonds. The zero-order valence-electron chi connectivity index (χ0n) is 5.64. The SMILES string of the molecule is C#CC(O)CCCC[CH2]. The molecule has 0 aromatic carbocycles. The highest BCUT2D eigenvalue weighted by atomic mass is 16.3. The molecular weight excluding hydrogens is 112 g/mol. The normalized spacial score (nSPS) is 12.6. The molecular formula is C8H13O. The van der Waals surface area contributed by atoms with E-state index in [0.717, 1.165) is 19.3 Å². The van der Waals surface area contributed by atoms with Crippen LogP contribution in [0, 0.1) is 19.3 Å². The molecule has 0 spiro atoms. The molecule has 0 aromatic rings. The second-order valence-electron chi connectivity index (χ2n) is 2.03. The maximum atomic E-state index is 8.83. The molecule has 1 radical (unpaired) electrons. The standard InChI is InChI=1S/C8H13O/c1-3-5-6-7-8(9)4-2/h2,8-9H,1,3,5-7H2. The van der Waals surface area contributed by atoms with Gasteiger partial charge in [-0.15, -0.1) is 6.42 Å². The molecule has 0 bridgehead atoms. The lowest BCUT2D eigenvalue weighted by Gasteiger charge is -1.99. The van der Waals surface area contributed by atoms with Gasteiger partial charge in [0, 0.05) is 0 Å². The number of aliphatic hydroxyl groups excluding tert-OH is 1. The minimum atomic E-state index is -0.545. The summed E-state index contributed by atoms with van der Waals surface area (Å²) in [6.07, 6.45) is 8.07. The predicted molar refractivity (Wildman–Crippen MR) is 38.7 cm³/mol. The smallest absolute Gasteiger partial charge is 0.114 e. The molecule has 0 aliphatic rings. The van der Waals surface area contributed by atoms with Gasteiger partial charge in [-0.1, -0.05) is 25.7 Å². The highest BCUT2D eigenvalue weighted by molar-refractivity contribution is 4.92. The van der Waals surface area contributed by atoms with Crippen molar-refractivity contribution in [3.8, 4) is 12.3 Å². The average molecular weight is 125 g/mol. The molecule has 1 nitrogen and oxygen atoms in total. The summed E-state index contributed by atoms with van der Waals surface area (Å²) in [5, 5.41) is 8.83. The van der Waals surface area contributed by atoms with E-state index in [1.165, 1.54) is 0 Å². The van der Waals surface area contributed by atoms with Crippen molar-refractivity contribution >= 4 is 0 Å². The molecule has 0 aliphatic heterocycles. The fraction of sp³-hybridized carbons (Fsp3) is 0.625. The third kappa shape index (κ3) is 5.39. The molecule has 1 unspecified atom stereocenters. The zero-order chi connectivity index (χ0) is 7.11. The van der Waals surface area contributed by atoms with Crippen molar-refractivity contribution in [2.45, 2.75) is 31.8 Å². The van der Waals surface area contributed by atoms with Gasteiger partial charge in [0.15, 0.2) is 0 Å². The van der Waals surface area contributed by atoms with Gasteiger partial charge in [0.1, 0.15) is 6.10 Å². The second kappa shape index (κ2) is 5.65. The van der Waals surface area contributed by atoms with E-state index in [1.807, 2.05) is 0 Å². The molecule has 0 aromatic heterocycles. The van der Waals surface area contributed by atoms with E-state index in [0.29, 0.717) is 6.42 Å². The summed E-state index contributed by atoms with van der Waals surface area (Å²) in [4.78, 5) is 0. The Morgan fingerprint density at radius 2 is 2.22 bits per heavy atom. The van der Waals surface area contributed by atoms with Gasteiger partial charge < -0.3 is 5.11 Å². The van der Waals surface area contributed by atoms with E-state index >= 15 is 0 Å². The Morgan fingerprint density at radius 1 is 1.56 bits per heavy atom. The van der Waals surface area contributed by atoms with Gasteiger partial charge in [-0.25, -0.2) is 0 Å². The minimum absolute atomic E-state index is 0.545. The fourth-order valence-corrected chi connectivity index (χ4v) is 0.598. The zero-order valence-corrected chi connectivity index (χ0v) is 5.64. The number of unbranched alkanes of at least 4 members (excludes halogenated alkanes) is 2. The van der Waals surface area contributed by atoms with Crippen LogP contribution in [0.25, 0.3) is 0 Å². The van der Waals surface area contributed by atoms with Gasteiger partial charge in [-0.05, 0) is 12.8 Å². The lowest BCUT2D eigenvalue weighted by molar-refractivity contribution is 0.218. The molecule has 0 saturated heterocycles. The number of terminal acetylenes is 1. The van der Waals surface area contributed by atoms with E-state index in [2.05, 4.69) is 12.8 Å². The molecule has 0 saturated carbocycles. The first-order chi connectivity index (χ1) is 4.31. The Hall–Kier alpha value is -0.480. The van der Waals surface area contributed by atoms with E-state index in [4.69, 9.17) is 11.5 Å². The quantitative estimate of drug-likeness (QED) is 0.444. The Balaban J connectivity index is 2.99. The lowest BCUT2D eigenvalue weighted by Crippen LogP contribution is -2.00. The molecule has 51 valence electrons. The average Bonchev–Trinajstić information content (AvgIpc) is 1.89. The van der Waals surface area contributed by atoms with Gasteiger partial charge in [0.2, 0.25) is 0 Å². The second-order valence-corrected chi connectivity index (χ2v) is 2.03.